The fourth-order valence-electron chi connectivity index (χ4n) is 1.88. The third-order valence-electron chi connectivity index (χ3n) is 3.46. The fraction of sp³-hybridized carbons (Fsp3) is 0.667. The minimum absolute atomic E-state index is 0.176. The standard InChI is InChI=1S/C18H32O11P2/c1-15(2)17(19)25-11-7-5-9-13-27-30(21,22)29-31(23,24)28-14-10-6-8-12-26-18(20)16(3)4/h1,3,5-14H2,2,4H3,(H,21,22)(H,23,24). The number of hydrogen-bond donors (Lipinski definition) is 2. The van der Waals surface area contributed by atoms with Crippen LogP contribution in [0.3, 0.4) is 0 Å². The molecule has 0 aromatic rings. The van der Waals surface area contributed by atoms with Crippen LogP contribution in [0.5, 0.6) is 0 Å². The molecule has 2 unspecified atom stereocenters. The van der Waals surface area contributed by atoms with Gasteiger partial charge in [0.05, 0.1) is 26.4 Å². The van der Waals surface area contributed by atoms with Crippen LogP contribution in [0, 0.1) is 0 Å². The maximum Gasteiger partial charge on any atom is 0.481 e. The Bertz CT molecular complexity index is 647. The van der Waals surface area contributed by atoms with Crippen molar-refractivity contribution in [2.75, 3.05) is 26.4 Å². The van der Waals surface area contributed by atoms with Gasteiger partial charge >= 0.3 is 27.6 Å². The summed E-state index contributed by atoms with van der Waals surface area (Å²) in [6.45, 7) is 9.90. The summed E-state index contributed by atoms with van der Waals surface area (Å²) in [5.41, 5.74) is 0.586. The van der Waals surface area contributed by atoms with Crippen LogP contribution in [-0.4, -0.2) is 48.2 Å². The zero-order valence-electron chi connectivity index (χ0n) is 17.9. The minimum atomic E-state index is -4.79. The molecule has 0 fully saturated rings. The summed E-state index contributed by atoms with van der Waals surface area (Å²) in [5, 5.41) is 0. The van der Waals surface area contributed by atoms with Crippen molar-refractivity contribution in [3.8, 4) is 0 Å². The maximum absolute atomic E-state index is 11.7. The molecule has 0 saturated carbocycles. The molecule has 2 N–H and O–H groups in total. The van der Waals surface area contributed by atoms with Crippen molar-refractivity contribution in [3.05, 3.63) is 24.3 Å². The Balaban J connectivity index is 3.90. The highest BCUT2D eigenvalue weighted by Crippen LogP contribution is 2.60. The molecular weight excluding hydrogens is 454 g/mol. The summed E-state index contributed by atoms with van der Waals surface area (Å²) in [5.74, 6) is -0.983. The second-order valence-corrected chi connectivity index (χ2v) is 9.68. The van der Waals surface area contributed by atoms with Crippen LogP contribution >= 0.6 is 15.6 Å². The van der Waals surface area contributed by atoms with E-state index < -0.39 is 27.6 Å². The number of esters is 2. The van der Waals surface area contributed by atoms with Crippen LogP contribution in [-0.2, 0) is 41.6 Å². The van der Waals surface area contributed by atoms with Crippen molar-refractivity contribution in [1.29, 1.82) is 0 Å². The predicted molar refractivity (Wildman–Crippen MR) is 112 cm³/mol. The van der Waals surface area contributed by atoms with Crippen LogP contribution in [0.2, 0.25) is 0 Å². The van der Waals surface area contributed by atoms with E-state index in [-0.39, 0.29) is 26.4 Å². The summed E-state index contributed by atoms with van der Waals surface area (Å²) in [6.07, 6.45) is 2.74. The number of unbranched alkanes of at least 4 members (excludes halogenated alkanes) is 4. The normalized spacial score (nSPS) is 14.8. The third kappa shape index (κ3) is 17.0. The molecule has 2 atom stereocenters. The van der Waals surface area contributed by atoms with Crippen molar-refractivity contribution in [3.63, 3.8) is 0 Å². The molecule has 11 nitrogen and oxygen atoms in total. The van der Waals surface area contributed by atoms with E-state index in [4.69, 9.17) is 9.47 Å². The van der Waals surface area contributed by atoms with Gasteiger partial charge in [-0.2, -0.15) is 4.31 Å². The van der Waals surface area contributed by atoms with E-state index in [0.717, 1.165) is 0 Å². The van der Waals surface area contributed by atoms with Gasteiger partial charge in [-0.05, 0) is 52.4 Å². The second-order valence-electron chi connectivity index (χ2n) is 6.64. The van der Waals surface area contributed by atoms with Crippen molar-refractivity contribution < 1.29 is 51.3 Å². The lowest BCUT2D eigenvalue weighted by molar-refractivity contribution is -0.139. The molecular formula is C18H32O11P2. The number of rotatable bonds is 18. The lowest BCUT2D eigenvalue weighted by Gasteiger charge is -2.16. The first-order chi connectivity index (χ1) is 14.4. The zero-order chi connectivity index (χ0) is 23.9. The molecule has 0 aliphatic heterocycles. The second kappa shape index (κ2) is 15.5. The maximum atomic E-state index is 11.7. The molecule has 0 rings (SSSR count). The number of phosphoric ester groups is 2. The van der Waals surface area contributed by atoms with Crippen LogP contribution in [0.1, 0.15) is 52.4 Å². The smallest absolute Gasteiger partial charge is 0.462 e. The van der Waals surface area contributed by atoms with E-state index in [2.05, 4.69) is 26.5 Å². The van der Waals surface area contributed by atoms with E-state index in [0.29, 0.717) is 49.7 Å². The van der Waals surface area contributed by atoms with Gasteiger partial charge in [-0.25, -0.2) is 18.7 Å². The van der Waals surface area contributed by atoms with Gasteiger partial charge < -0.3 is 19.3 Å². The Morgan fingerprint density at radius 3 is 1.32 bits per heavy atom. The van der Waals surface area contributed by atoms with Gasteiger partial charge in [0.2, 0.25) is 0 Å². The monoisotopic (exact) mass is 486 g/mol. The van der Waals surface area contributed by atoms with Gasteiger partial charge in [0.25, 0.3) is 0 Å². The summed E-state index contributed by atoms with van der Waals surface area (Å²) in [4.78, 5) is 41.4. The molecule has 180 valence electrons. The van der Waals surface area contributed by atoms with E-state index in [1.165, 1.54) is 13.8 Å². The first kappa shape index (κ1) is 29.7. The average molecular weight is 486 g/mol. The predicted octanol–water partition coefficient (Wildman–Crippen LogP) is 3.82. The van der Waals surface area contributed by atoms with Crippen LogP contribution in [0.4, 0.5) is 0 Å². The zero-order valence-corrected chi connectivity index (χ0v) is 19.7. The first-order valence-electron chi connectivity index (χ1n) is 9.67. The van der Waals surface area contributed by atoms with Crippen molar-refractivity contribution in [2.24, 2.45) is 0 Å². The van der Waals surface area contributed by atoms with Crippen molar-refractivity contribution >= 4 is 27.6 Å². The highest BCUT2D eigenvalue weighted by atomic mass is 31.3. The van der Waals surface area contributed by atoms with Gasteiger partial charge in [0.1, 0.15) is 0 Å². The number of carbonyl (C=O) groups is 2. The molecule has 0 amide bonds. The van der Waals surface area contributed by atoms with Gasteiger partial charge in [0.15, 0.2) is 0 Å². The lowest BCUT2D eigenvalue weighted by atomic mass is 10.2. The quantitative estimate of drug-likeness (QED) is 0.126. The van der Waals surface area contributed by atoms with E-state index in [1.54, 1.807) is 0 Å². The van der Waals surface area contributed by atoms with Crippen molar-refractivity contribution in [1.82, 2.24) is 0 Å². The summed E-state index contributed by atoms with van der Waals surface area (Å²) in [6, 6.07) is 0. The summed E-state index contributed by atoms with van der Waals surface area (Å²) in [7, 11) is -9.57. The molecule has 0 aromatic carbocycles. The van der Waals surface area contributed by atoms with Crippen LogP contribution in [0.25, 0.3) is 0 Å². The van der Waals surface area contributed by atoms with Gasteiger partial charge in [0, 0.05) is 11.1 Å². The molecule has 0 radical (unpaired) electrons. The molecule has 31 heavy (non-hydrogen) atoms. The van der Waals surface area contributed by atoms with Gasteiger partial charge in [-0.3, -0.25) is 9.05 Å². The molecule has 0 aromatic heterocycles. The Labute approximate surface area is 182 Å². The van der Waals surface area contributed by atoms with Crippen molar-refractivity contribution in [2.45, 2.75) is 52.4 Å². The number of phosphoric acid groups is 2. The van der Waals surface area contributed by atoms with Crippen LogP contribution in [0.15, 0.2) is 24.3 Å². The van der Waals surface area contributed by atoms with Gasteiger partial charge in [-0.1, -0.05) is 13.2 Å². The Morgan fingerprint density at radius 2 is 1.00 bits per heavy atom. The highest BCUT2D eigenvalue weighted by molar-refractivity contribution is 7.61. The average Bonchev–Trinajstić information content (AvgIpc) is 2.64. The number of ether oxygens (including phenoxy) is 2. The topological polar surface area (TPSA) is 155 Å². The molecule has 0 bridgehead atoms. The largest absolute Gasteiger partial charge is 0.481 e. The minimum Gasteiger partial charge on any atom is -0.462 e. The fourth-order valence-corrected chi connectivity index (χ4v) is 4.02. The molecule has 0 spiro atoms. The van der Waals surface area contributed by atoms with E-state index in [9.17, 15) is 28.5 Å². The number of carbonyl (C=O) groups excluding carboxylic acids is 2. The van der Waals surface area contributed by atoms with Crippen LogP contribution < -0.4 is 0 Å². The number of hydrogen-bond acceptors (Lipinski definition) is 9. The lowest BCUT2D eigenvalue weighted by Crippen LogP contribution is -2.06. The Hall–Kier alpha value is -1.32. The summed E-state index contributed by atoms with van der Waals surface area (Å²) < 4.78 is 46.7. The molecule has 0 saturated heterocycles. The Morgan fingerprint density at radius 1 is 0.677 bits per heavy atom. The first-order valence-corrected chi connectivity index (χ1v) is 12.7. The molecule has 0 heterocycles. The Kier molecular flexibility index (Phi) is 14.8. The molecule has 13 heteroatoms. The molecule has 0 aliphatic rings. The summed E-state index contributed by atoms with van der Waals surface area (Å²) >= 11 is 0. The van der Waals surface area contributed by atoms with E-state index in [1.807, 2.05) is 0 Å². The van der Waals surface area contributed by atoms with E-state index >= 15 is 0 Å². The van der Waals surface area contributed by atoms with Gasteiger partial charge in [-0.15, -0.1) is 0 Å². The molecule has 0 aliphatic carbocycles. The highest BCUT2D eigenvalue weighted by Gasteiger charge is 2.34. The SMILES string of the molecule is C=C(C)C(=O)OCCCCCOP(=O)(O)OP(=O)(O)OCCCCCOC(=O)C(=C)C. The third-order valence-corrected chi connectivity index (χ3v) is 6.12.